The van der Waals surface area contributed by atoms with E-state index >= 15 is 0 Å². The number of rotatable bonds is 5. The van der Waals surface area contributed by atoms with Gasteiger partial charge >= 0.3 is 0 Å². The lowest BCUT2D eigenvalue weighted by molar-refractivity contribution is -0.0335. The molecule has 5 rings (SSSR count). The van der Waals surface area contributed by atoms with Gasteiger partial charge in [-0.25, -0.2) is 9.97 Å². The van der Waals surface area contributed by atoms with Gasteiger partial charge < -0.3 is 20.3 Å². The lowest BCUT2D eigenvalue weighted by Crippen LogP contribution is -2.40. The molecule has 0 bridgehead atoms. The molecule has 2 aromatic carbocycles. The number of para-hydroxylation sites is 1. The van der Waals surface area contributed by atoms with Gasteiger partial charge in [0.15, 0.2) is 0 Å². The summed E-state index contributed by atoms with van der Waals surface area (Å²) in [5, 5.41) is 10.2. The molecular weight excluding hydrogens is 392 g/mol. The number of nitrogen functional groups attached to an aromatic ring is 1. The first-order valence-electron chi connectivity index (χ1n) is 10.2. The molecule has 0 spiro atoms. The monoisotopic (exact) mass is 416 g/mol. The van der Waals surface area contributed by atoms with E-state index in [1.54, 1.807) is 13.3 Å². The molecule has 1 aliphatic carbocycles. The second-order valence-electron chi connectivity index (χ2n) is 8.23. The minimum atomic E-state index is -0.649. The summed E-state index contributed by atoms with van der Waals surface area (Å²) in [6.45, 7) is 1.85. The molecule has 0 atom stereocenters. The Hall–Kier alpha value is -3.58. The van der Waals surface area contributed by atoms with Gasteiger partial charge in [-0.05, 0) is 44.0 Å². The number of ether oxygens (including phenoxy) is 2. The largest absolute Gasteiger partial charge is 0.496 e. The molecule has 0 saturated heterocycles. The third-order valence-electron chi connectivity index (χ3n) is 5.75. The van der Waals surface area contributed by atoms with E-state index in [-0.39, 0.29) is 5.92 Å². The van der Waals surface area contributed by atoms with Gasteiger partial charge in [0.05, 0.1) is 12.7 Å². The molecule has 7 nitrogen and oxygen atoms in total. The highest BCUT2D eigenvalue weighted by Crippen LogP contribution is 2.46. The maximum atomic E-state index is 10.2. The third-order valence-corrected chi connectivity index (χ3v) is 5.75. The number of aromatic nitrogens is 3. The molecule has 1 fully saturated rings. The molecule has 2 heterocycles. The van der Waals surface area contributed by atoms with E-state index in [4.69, 9.17) is 20.2 Å². The minimum Gasteiger partial charge on any atom is -0.496 e. The molecule has 31 heavy (non-hydrogen) atoms. The van der Waals surface area contributed by atoms with Crippen molar-refractivity contribution >= 4 is 11.3 Å². The summed E-state index contributed by atoms with van der Waals surface area (Å²) in [4.78, 5) is 9.21. The van der Waals surface area contributed by atoms with Gasteiger partial charge in [-0.1, -0.05) is 18.2 Å². The molecule has 1 saturated carbocycles. The zero-order chi connectivity index (χ0) is 21.6. The van der Waals surface area contributed by atoms with E-state index in [9.17, 15) is 5.11 Å². The van der Waals surface area contributed by atoms with Crippen LogP contribution in [0, 0.1) is 0 Å². The summed E-state index contributed by atoms with van der Waals surface area (Å²) >= 11 is 0. The van der Waals surface area contributed by atoms with Crippen LogP contribution in [0.25, 0.3) is 16.8 Å². The van der Waals surface area contributed by atoms with Crippen LogP contribution in [0.3, 0.4) is 0 Å². The van der Waals surface area contributed by atoms with Gasteiger partial charge in [0.1, 0.15) is 40.1 Å². The van der Waals surface area contributed by atoms with Crippen LogP contribution in [0.1, 0.15) is 31.5 Å². The second kappa shape index (κ2) is 7.28. The molecule has 7 heteroatoms. The lowest BCUT2D eigenvalue weighted by Gasteiger charge is -2.40. The maximum Gasteiger partial charge on any atom is 0.150 e. The van der Waals surface area contributed by atoms with E-state index in [2.05, 4.69) is 4.98 Å². The van der Waals surface area contributed by atoms with E-state index in [0.29, 0.717) is 35.9 Å². The fourth-order valence-corrected chi connectivity index (χ4v) is 4.30. The Morgan fingerprint density at radius 2 is 1.90 bits per heavy atom. The summed E-state index contributed by atoms with van der Waals surface area (Å²) in [5.41, 5.74) is 7.85. The molecule has 4 aromatic rings. The summed E-state index contributed by atoms with van der Waals surface area (Å²) in [5.74, 6) is 3.47. The molecule has 0 unspecified atom stereocenters. The summed E-state index contributed by atoms with van der Waals surface area (Å²) < 4.78 is 13.6. The van der Waals surface area contributed by atoms with Crippen molar-refractivity contribution in [2.24, 2.45) is 0 Å². The maximum absolute atomic E-state index is 10.2. The zero-order valence-corrected chi connectivity index (χ0v) is 17.4. The number of aliphatic hydroxyl groups is 1. The van der Waals surface area contributed by atoms with Crippen molar-refractivity contribution < 1.29 is 14.6 Å². The number of methoxy groups -OCH3 is 1. The smallest absolute Gasteiger partial charge is 0.150 e. The molecular formula is C24H24N4O3. The first-order valence-corrected chi connectivity index (χ1v) is 10.2. The highest BCUT2D eigenvalue weighted by molar-refractivity contribution is 5.88. The first kappa shape index (κ1) is 19.4. The van der Waals surface area contributed by atoms with Crippen molar-refractivity contribution in [1.82, 2.24) is 14.4 Å². The van der Waals surface area contributed by atoms with Crippen molar-refractivity contribution in [3.63, 3.8) is 0 Å². The van der Waals surface area contributed by atoms with E-state index in [1.165, 1.54) is 0 Å². The molecule has 0 radical (unpaired) electrons. The predicted octanol–water partition coefficient (Wildman–Crippen LogP) is 4.41. The number of imidazole rings is 1. The Balaban J connectivity index is 1.59. The fraction of sp³-hybridized carbons (Fsp3) is 0.250. The van der Waals surface area contributed by atoms with E-state index in [1.807, 2.05) is 66.1 Å². The summed E-state index contributed by atoms with van der Waals surface area (Å²) in [6, 6.07) is 15.2. The fourth-order valence-electron chi connectivity index (χ4n) is 4.30. The summed E-state index contributed by atoms with van der Waals surface area (Å²) in [7, 11) is 1.62. The Labute approximate surface area is 180 Å². The highest BCUT2D eigenvalue weighted by atomic mass is 16.5. The topological polar surface area (TPSA) is 94.9 Å². The van der Waals surface area contributed by atoms with E-state index in [0.717, 1.165) is 22.7 Å². The van der Waals surface area contributed by atoms with Crippen LogP contribution in [0.4, 0.5) is 5.82 Å². The van der Waals surface area contributed by atoms with Crippen molar-refractivity contribution in [3.8, 4) is 28.5 Å². The number of nitrogens with two attached hydrogens (primary N) is 1. The van der Waals surface area contributed by atoms with Crippen molar-refractivity contribution in [2.45, 2.75) is 31.3 Å². The van der Waals surface area contributed by atoms with Crippen LogP contribution < -0.4 is 15.2 Å². The van der Waals surface area contributed by atoms with Gasteiger partial charge in [0.25, 0.3) is 0 Å². The van der Waals surface area contributed by atoms with Crippen LogP contribution in [-0.2, 0) is 0 Å². The number of hydrogen-bond donors (Lipinski definition) is 2. The molecule has 1 aliphatic rings. The SMILES string of the molecule is COc1cc(Oc2ccccc2)ccc1-c1nc(C2CC(C)(O)C2)n2ccnc(N)c12. The van der Waals surface area contributed by atoms with Gasteiger partial charge in [-0.3, -0.25) is 4.40 Å². The minimum absolute atomic E-state index is 0.157. The second-order valence-corrected chi connectivity index (χ2v) is 8.23. The van der Waals surface area contributed by atoms with Gasteiger partial charge in [0, 0.05) is 29.9 Å². The van der Waals surface area contributed by atoms with Crippen molar-refractivity contribution in [1.29, 1.82) is 0 Å². The first-order chi connectivity index (χ1) is 14.9. The average Bonchev–Trinajstić information content (AvgIpc) is 3.13. The van der Waals surface area contributed by atoms with Gasteiger partial charge in [-0.15, -0.1) is 0 Å². The van der Waals surface area contributed by atoms with Crippen LogP contribution in [0.2, 0.25) is 0 Å². The van der Waals surface area contributed by atoms with Crippen molar-refractivity contribution in [2.75, 3.05) is 12.8 Å². The normalized spacial score (nSPS) is 20.4. The highest BCUT2D eigenvalue weighted by Gasteiger charge is 2.41. The number of fused-ring (bicyclic) bond motifs is 1. The molecule has 0 amide bonds. The van der Waals surface area contributed by atoms with E-state index < -0.39 is 5.60 Å². The summed E-state index contributed by atoms with van der Waals surface area (Å²) in [6.07, 6.45) is 4.86. The molecule has 2 aromatic heterocycles. The van der Waals surface area contributed by atoms with Crippen LogP contribution in [0.5, 0.6) is 17.2 Å². The average molecular weight is 416 g/mol. The number of nitrogens with zero attached hydrogens (tertiary/aromatic N) is 3. The number of benzene rings is 2. The Kier molecular flexibility index (Phi) is 4.55. The van der Waals surface area contributed by atoms with Gasteiger partial charge in [-0.2, -0.15) is 0 Å². The number of hydrogen-bond acceptors (Lipinski definition) is 6. The lowest BCUT2D eigenvalue weighted by atomic mass is 9.72. The standard InChI is InChI=1S/C24H24N4O3/c1-24(29)13-15(14-24)23-27-20(21-22(25)26-10-11-28(21)23)18-9-8-17(12-19(18)30-2)31-16-6-4-3-5-7-16/h3-12,15,29H,13-14H2,1-2H3,(H2,25,26). The quantitative estimate of drug-likeness (QED) is 0.500. The Morgan fingerprint density at radius 3 is 2.61 bits per heavy atom. The molecule has 158 valence electrons. The molecule has 0 aliphatic heterocycles. The number of anilines is 1. The predicted molar refractivity (Wildman–Crippen MR) is 119 cm³/mol. The van der Waals surface area contributed by atoms with Crippen LogP contribution in [0.15, 0.2) is 60.9 Å². The molecule has 3 N–H and O–H groups in total. The third kappa shape index (κ3) is 3.47. The zero-order valence-electron chi connectivity index (χ0n) is 17.4. The van der Waals surface area contributed by atoms with Crippen LogP contribution in [-0.4, -0.2) is 32.2 Å². The van der Waals surface area contributed by atoms with Gasteiger partial charge in [0.2, 0.25) is 0 Å². The Morgan fingerprint density at radius 1 is 1.13 bits per heavy atom. The van der Waals surface area contributed by atoms with Crippen molar-refractivity contribution in [3.05, 3.63) is 66.7 Å². The Bertz CT molecular complexity index is 1240. The van der Waals surface area contributed by atoms with Crippen LogP contribution >= 0.6 is 0 Å².